The van der Waals surface area contributed by atoms with E-state index in [0.717, 1.165) is 24.9 Å². The Bertz CT molecular complexity index is 1090. The van der Waals surface area contributed by atoms with Crippen molar-refractivity contribution in [3.8, 4) is 0 Å². The lowest BCUT2D eigenvalue weighted by Gasteiger charge is -2.24. The molecule has 2 fully saturated rings. The summed E-state index contributed by atoms with van der Waals surface area (Å²) in [7, 11) is -3.74. The smallest absolute Gasteiger partial charge is 0.243 e. The standard InChI is InChI=1S/C23H28N4O4S/c24-22(28)20-11-5-13-26(20)16-17-7-4-8-18(15-17)25-23(29)21-12-6-14-27(21)32(30,31)19-9-2-1-3-10-19/h1-4,7-10,15,20-21H,5-6,11-14,16H2,(H2,24,28)(H,25,29). The van der Waals surface area contributed by atoms with Gasteiger partial charge in [0, 0.05) is 18.8 Å². The molecule has 2 amide bonds. The number of primary amides is 1. The molecule has 2 aliphatic rings. The zero-order valence-electron chi connectivity index (χ0n) is 17.8. The average Bonchev–Trinajstić information content (AvgIpc) is 3.45. The van der Waals surface area contributed by atoms with Crippen LogP contribution in [0.1, 0.15) is 31.2 Å². The lowest BCUT2D eigenvalue weighted by Crippen LogP contribution is -2.43. The van der Waals surface area contributed by atoms with E-state index in [1.54, 1.807) is 36.4 Å². The van der Waals surface area contributed by atoms with E-state index in [1.807, 2.05) is 18.2 Å². The van der Waals surface area contributed by atoms with Gasteiger partial charge >= 0.3 is 0 Å². The summed E-state index contributed by atoms with van der Waals surface area (Å²) >= 11 is 0. The number of rotatable bonds is 7. The van der Waals surface area contributed by atoms with Crippen molar-refractivity contribution in [2.24, 2.45) is 5.73 Å². The zero-order chi connectivity index (χ0) is 22.7. The summed E-state index contributed by atoms with van der Waals surface area (Å²) in [6.07, 6.45) is 2.80. The van der Waals surface area contributed by atoms with Crippen LogP contribution >= 0.6 is 0 Å². The molecule has 2 unspecified atom stereocenters. The first kappa shape index (κ1) is 22.4. The highest BCUT2D eigenvalue weighted by Crippen LogP contribution is 2.27. The second kappa shape index (κ2) is 9.40. The molecule has 0 radical (unpaired) electrons. The molecule has 2 heterocycles. The fourth-order valence-electron chi connectivity index (χ4n) is 4.56. The molecule has 32 heavy (non-hydrogen) atoms. The molecule has 0 spiro atoms. The molecule has 170 valence electrons. The maximum absolute atomic E-state index is 13.0. The van der Waals surface area contributed by atoms with Crippen LogP contribution < -0.4 is 11.1 Å². The summed E-state index contributed by atoms with van der Waals surface area (Å²) in [6, 6.07) is 14.6. The van der Waals surface area contributed by atoms with Gasteiger partial charge in [-0.05, 0) is 62.1 Å². The highest BCUT2D eigenvalue weighted by molar-refractivity contribution is 7.89. The van der Waals surface area contributed by atoms with Crippen LogP contribution in [0.4, 0.5) is 5.69 Å². The number of hydrogen-bond donors (Lipinski definition) is 2. The first-order valence-corrected chi connectivity index (χ1v) is 12.3. The van der Waals surface area contributed by atoms with E-state index in [2.05, 4.69) is 10.2 Å². The van der Waals surface area contributed by atoms with Crippen molar-refractivity contribution in [3.63, 3.8) is 0 Å². The SMILES string of the molecule is NC(=O)C1CCCN1Cc1cccc(NC(=O)C2CCCN2S(=O)(=O)c2ccccc2)c1. The molecule has 8 nitrogen and oxygen atoms in total. The summed E-state index contributed by atoms with van der Waals surface area (Å²) in [5.41, 5.74) is 7.06. The van der Waals surface area contributed by atoms with Gasteiger partial charge in [-0.15, -0.1) is 0 Å². The van der Waals surface area contributed by atoms with Gasteiger partial charge in [-0.1, -0.05) is 30.3 Å². The lowest BCUT2D eigenvalue weighted by molar-refractivity contribution is -0.122. The van der Waals surface area contributed by atoms with Crippen LogP contribution in [-0.4, -0.2) is 54.6 Å². The molecule has 2 atom stereocenters. The van der Waals surface area contributed by atoms with Crippen LogP contribution in [0, 0.1) is 0 Å². The molecule has 3 N–H and O–H groups in total. The Hall–Kier alpha value is -2.75. The van der Waals surface area contributed by atoms with Crippen molar-refractivity contribution >= 4 is 27.5 Å². The Morgan fingerprint density at radius 3 is 2.44 bits per heavy atom. The van der Waals surface area contributed by atoms with E-state index in [0.29, 0.717) is 31.6 Å². The van der Waals surface area contributed by atoms with Gasteiger partial charge in [-0.2, -0.15) is 4.31 Å². The summed E-state index contributed by atoms with van der Waals surface area (Å²) in [6.45, 7) is 1.69. The maximum atomic E-state index is 13.0. The third kappa shape index (κ3) is 4.69. The van der Waals surface area contributed by atoms with E-state index >= 15 is 0 Å². The molecule has 4 rings (SSSR count). The van der Waals surface area contributed by atoms with Gasteiger partial charge < -0.3 is 11.1 Å². The molecular formula is C23H28N4O4S. The fraction of sp³-hybridized carbons (Fsp3) is 0.391. The average molecular weight is 457 g/mol. The molecule has 2 saturated heterocycles. The Labute approximate surface area is 188 Å². The number of nitrogens with zero attached hydrogens (tertiary/aromatic N) is 2. The van der Waals surface area contributed by atoms with E-state index in [-0.39, 0.29) is 22.8 Å². The number of nitrogens with two attached hydrogens (primary N) is 1. The normalized spacial score (nSPS) is 22.1. The van der Waals surface area contributed by atoms with Gasteiger partial charge in [0.05, 0.1) is 10.9 Å². The number of benzene rings is 2. The molecule has 0 aliphatic carbocycles. The van der Waals surface area contributed by atoms with Gasteiger partial charge in [-0.25, -0.2) is 8.42 Å². The first-order chi connectivity index (χ1) is 15.4. The number of likely N-dealkylation sites (tertiary alicyclic amines) is 1. The number of amides is 2. The van der Waals surface area contributed by atoms with Gasteiger partial charge in [-0.3, -0.25) is 14.5 Å². The second-order valence-corrected chi connectivity index (χ2v) is 10.2. The molecule has 0 aromatic heterocycles. The summed E-state index contributed by atoms with van der Waals surface area (Å²) in [5.74, 6) is -0.650. The number of hydrogen-bond acceptors (Lipinski definition) is 5. The number of nitrogens with one attached hydrogen (secondary N) is 1. The minimum atomic E-state index is -3.74. The second-order valence-electron chi connectivity index (χ2n) is 8.31. The number of carbonyl (C=O) groups is 2. The van der Waals surface area contributed by atoms with Crippen molar-refractivity contribution in [2.45, 2.75) is 49.2 Å². The highest BCUT2D eigenvalue weighted by Gasteiger charge is 2.39. The van der Waals surface area contributed by atoms with Crippen LogP contribution in [0.3, 0.4) is 0 Å². The minimum absolute atomic E-state index is 0.191. The molecule has 2 aliphatic heterocycles. The van der Waals surface area contributed by atoms with Crippen LogP contribution in [0.2, 0.25) is 0 Å². The Morgan fingerprint density at radius 1 is 0.969 bits per heavy atom. The first-order valence-electron chi connectivity index (χ1n) is 10.9. The van der Waals surface area contributed by atoms with Crippen molar-refractivity contribution in [2.75, 3.05) is 18.4 Å². The van der Waals surface area contributed by atoms with Crippen molar-refractivity contribution in [1.82, 2.24) is 9.21 Å². The zero-order valence-corrected chi connectivity index (χ0v) is 18.6. The Balaban J connectivity index is 1.46. The highest BCUT2D eigenvalue weighted by atomic mass is 32.2. The van der Waals surface area contributed by atoms with Gasteiger partial charge in [0.15, 0.2) is 0 Å². The third-order valence-corrected chi connectivity index (χ3v) is 8.05. The van der Waals surface area contributed by atoms with E-state index in [1.165, 1.54) is 4.31 Å². The van der Waals surface area contributed by atoms with Crippen LogP contribution in [0.15, 0.2) is 59.5 Å². The fourth-order valence-corrected chi connectivity index (χ4v) is 6.24. The largest absolute Gasteiger partial charge is 0.368 e. The Kier molecular flexibility index (Phi) is 6.59. The van der Waals surface area contributed by atoms with Crippen molar-refractivity contribution in [3.05, 3.63) is 60.2 Å². The molecule has 0 saturated carbocycles. The lowest BCUT2D eigenvalue weighted by atomic mass is 10.1. The summed E-state index contributed by atoms with van der Waals surface area (Å²) in [4.78, 5) is 26.9. The third-order valence-electron chi connectivity index (χ3n) is 6.13. The number of carbonyl (C=O) groups excluding carboxylic acids is 2. The molecule has 9 heteroatoms. The van der Waals surface area contributed by atoms with Gasteiger partial charge in [0.25, 0.3) is 0 Å². The Morgan fingerprint density at radius 2 is 1.69 bits per heavy atom. The maximum Gasteiger partial charge on any atom is 0.243 e. The van der Waals surface area contributed by atoms with Gasteiger partial charge in [0.1, 0.15) is 6.04 Å². The van der Waals surface area contributed by atoms with Gasteiger partial charge in [0.2, 0.25) is 21.8 Å². The van der Waals surface area contributed by atoms with Crippen LogP contribution in [0.5, 0.6) is 0 Å². The monoisotopic (exact) mass is 456 g/mol. The minimum Gasteiger partial charge on any atom is -0.368 e. The number of anilines is 1. The molecule has 2 aromatic carbocycles. The van der Waals surface area contributed by atoms with Crippen LogP contribution in [0.25, 0.3) is 0 Å². The quantitative estimate of drug-likeness (QED) is 0.661. The summed E-state index contributed by atoms with van der Waals surface area (Å²) < 4.78 is 27.4. The van der Waals surface area contributed by atoms with Crippen molar-refractivity contribution < 1.29 is 18.0 Å². The molecular weight excluding hydrogens is 428 g/mol. The predicted molar refractivity (Wildman–Crippen MR) is 121 cm³/mol. The molecule has 2 aromatic rings. The van der Waals surface area contributed by atoms with E-state index < -0.39 is 16.1 Å². The predicted octanol–water partition coefficient (Wildman–Crippen LogP) is 1.93. The van der Waals surface area contributed by atoms with E-state index in [4.69, 9.17) is 5.73 Å². The van der Waals surface area contributed by atoms with Crippen molar-refractivity contribution in [1.29, 1.82) is 0 Å². The van der Waals surface area contributed by atoms with Crippen LogP contribution in [-0.2, 0) is 26.2 Å². The topological polar surface area (TPSA) is 113 Å². The van der Waals surface area contributed by atoms with E-state index in [9.17, 15) is 18.0 Å². The number of sulfonamides is 1. The molecule has 0 bridgehead atoms. The summed E-state index contributed by atoms with van der Waals surface area (Å²) in [5, 5.41) is 2.88.